The molecule has 127 valence electrons. The highest BCUT2D eigenvalue weighted by Gasteiger charge is 2.27. The van der Waals surface area contributed by atoms with Gasteiger partial charge >= 0.3 is 0 Å². The van der Waals surface area contributed by atoms with Crippen molar-refractivity contribution in [3.8, 4) is 17.1 Å². The summed E-state index contributed by atoms with van der Waals surface area (Å²) >= 11 is 0. The predicted octanol–water partition coefficient (Wildman–Crippen LogP) is 1.79. The third-order valence-electron chi connectivity index (χ3n) is 4.54. The molecule has 7 heteroatoms. The van der Waals surface area contributed by atoms with Crippen molar-refractivity contribution in [2.24, 2.45) is 18.7 Å². The lowest BCUT2D eigenvalue weighted by atomic mass is 9.87. The lowest BCUT2D eigenvalue weighted by molar-refractivity contribution is -0.123. The normalized spacial score (nSPS) is 20.8. The van der Waals surface area contributed by atoms with Gasteiger partial charge in [-0.3, -0.25) is 9.48 Å². The van der Waals surface area contributed by atoms with Crippen LogP contribution in [0.1, 0.15) is 37.1 Å². The number of hydrogen-bond acceptors (Lipinski definition) is 5. The molecule has 0 aromatic carbocycles. The average molecular weight is 328 g/mol. The standard InChI is InChI=1S/C17H22N5O2/c1-10-15(24-13-6-4-5-12(9-13)17(18)23)8-7-14(19-10)16-11(2)22(3)21-20-16/h7-8,12-13H,2,4-6,9H2,1,3H3,(H2,18,23)/t12-,13-/m0/s1. The van der Waals surface area contributed by atoms with E-state index >= 15 is 0 Å². The van der Waals surface area contributed by atoms with E-state index < -0.39 is 0 Å². The van der Waals surface area contributed by atoms with Crippen molar-refractivity contribution in [1.82, 2.24) is 20.0 Å². The Kier molecular flexibility index (Phi) is 4.51. The highest BCUT2D eigenvalue weighted by atomic mass is 16.5. The zero-order valence-electron chi connectivity index (χ0n) is 14.0. The van der Waals surface area contributed by atoms with Gasteiger partial charge in [0, 0.05) is 13.0 Å². The van der Waals surface area contributed by atoms with Crippen LogP contribution in [0.25, 0.3) is 11.4 Å². The number of aromatic nitrogens is 4. The summed E-state index contributed by atoms with van der Waals surface area (Å²) in [5.41, 5.74) is 8.30. The van der Waals surface area contributed by atoms with Gasteiger partial charge in [0.15, 0.2) is 0 Å². The summed E-state index contributed by atoms with van der Waals surface area (Å²) in [7, 11) is 1.79. The summed E-state index contributed by atoms with van der Waals surface area (Å²) in [5, 5.41) is 8.05. The number of carbonyl (C=O) groups is 1. The molecular formula is C17H22N5O2. The Morgan fingerprint density at radius 1 is 1.42 bits per heavy atom. The molecule has 0 unspecified atom stereocenters. The van der Waals surface area contributed by atoms with Crippen LogP contribution in [0.3, 0.4) is 0 Å². The van der Waals surface area contributed by atoms with Crippen LogP contribution >= 0.6 is 0 Å². The Bertz CT molecular complexity index is 755. The van der Waals surface area contributed by atoms with E-state index in [9.17, 15) is 4.79 Å². The molecule has 2 N–H and O–H groups in total. The molecule has 24 heavy (non-hydrogen) atoms. The fraction of sp³-hybridized carbons (Fsp3) is 0.471. The fourth-order valence-corrected chi connectivity index (χ4v) is 3.07. The maximum Gasteiger partial charge on any atom is 0.220 e. The highest BCUT2D eigenvalue weighted by molar-refractivity contribution is 5.76. The maximum atomic E-state index is 11.4. The van der Waals surface area contributed by atoms with Crippen molar-refractivity contribution in [2.75, 3.05) is 0 Å². The topological polar surface area (TPSA) is 95.9 Å². The van der Waals surface area contributed by atoms with Gasteiger partial charge < -0.3 is 10.5 Å². The quantitative estimate of drug-likeness (QED) is 0.923. The first-order chi connectivity index (χ1) is 11.5. The number of primary amides is 1. The van der Waals surface area contributed by atoms with E-state index in [1.165, 1.54) is 0 Å². The molecule has 7 nitrogen and oxygen atoms in total. The van der Waals surface area contributed by atoms with E-state index in [0.717, 1.165) is 36.4 Å². The summed E-state index contributed by atoms with van der Waals surface area (Å²) in [4.78, 5) is 16.0. The molecule has 2 heterocycles. The van der Waals surface area contributed by atoms with Gasteiger partial charge in [-0.15, -0.1) is 5.10 Å². The molecule has 1 fully saturated rings. The summed E-state index contributed by atoms with van der Waals surface area (Å²) in [5.74, 6) is 0.395. The Hall–Kier alpha value is -2.44. The Morgan fingerprint density at radius 2 is 2.21 bits per heavy atom. The average Bonchev–Trinajstić information content (AvgIpc) is 2.89. The number of hydrogen-bond donors (Lipinski definition) is 1. The van der Waals surface area contributed by atoms with Crippen LogP contribution in [0, 0.1) is 19.8 Å². The minimum atomic E-state index is -0.237. The number of carbonyl (C=O) groups excluding carboxylic acids is 1. The van der Waals surface area contributed by atoms with Crippen LogP contribution in [0.5, 0.6) is 5.75 Å². The van der Waals surface area contributed by atoms with E-state index in [0.29, 0.717) is 17.8 Å². The van der Waals surface area contributed by atoms with Gasteiger partial charge in [0.05, 0.1) is 23.2 Å². The second kappa shape index (κ2) is 6.59. The van der Waals surface area contributed by atoms with Crippen molar-refractivity contribution in [2.45, 2.75) is 38.7 Å². The molecule has 1 amide bonds. The number of aryl methyl sites for hydroxylation is 2. The molecule has 0 aliphatic heterocycles. The smallest absolute Gasteiger partial charge is 0.220 e. The van der Waals surface area contributed by atoms with Crippen molar-refractivity contribution >= 4 is 5.91 Å². The monoisotopic (exact) mass is 328 g/mol. The predicted molar refractivity (Wildman–Crippen MR) is 89.0 cm³/mol. The van der Waals surface area contributed by atoms with E-state index in [4.69, 9.17) is 10.5 Å². The minimum Gasteiger partial charge on any atom is -0.489 e. The fourth-order valence-electron chi connectivity index (χ4n) is 3.07. The molecule has 1 radical (unpaired) electrons. The molecule has 2 atom stereocenters. The lowest BCUT2D eigenvalue weighted by Crippen LogP contribution is -2.33. The molecule has 2 aromatic heterocycles. The van der Waals surface area contributed by atoms with Crippen LogP contribution in [0.15, 0.2) is 12.1 Å². The van der Waals surface area contributed by atoms with Crippen LogP contribution < -0.4 is 10.5 Å². The Balaban J connectivity index is 1.76. The first kappa shape index (κ1) is 16.4. The molecule has 1 saturated carbocycles. The van der Waals surface area contributed by atoms with Crippen molar-refractivity contribution < 1.29 is 9.53 Å². The van der Waals surface area contributed by atoms with Gasteiger partial charge in [0.2, 0.25) is 5.91 Å². The van der Waals surface area contributed by atoms with Crippen LogP contribution in [-0.2, 0) is 11.8 Å². The number of ether oxygens (including phenoxy) is 1. The lowest BCUT2D eigenvalue weighted by Gasteiger charge is -2.28. The SMILES string of the molecule is [CH2]c1c(-c2ccc(O[C@H]3CCC[C@H](C(N)=O)C3)c(C)n2)nnn1C. The zero-order valence-corrected chi connectivity index (χ0v) is 14.0. The van der Waals surface area contributed by atoms with Crippen LogP contribution in [-0.4, -0.2) is 32.0 Å². The van der Waals surface area contributed by atoms with Gasteiger partial charge in [-0.1, -0.05) is 5.21 Å². The Morgan fingerprint density at radius 3 is 2.83 bits per heavy atom. The zero-order chi connectivity index (χ0) is 17.3. The van der Waals surface area contributed by atoms with E-state index in [1.54, 1.807) is 11.7 Å². The van der Waals surface area contributed by atoms with Crippen LogP contribution in [0.4, 0.5) is 0 Å². The summed E-state index contributed by atoms with van der Waals surface area (Å²) < 4.78 is 7.68. The van der Waals surface area contributed by atoms with Gasteiger partial charge in [-0.2, -0.15) is 0 Å². The first-order valence-corrected chi connectivity index (χ1v) is 8.11. The Labute approximate surface area is 141 Å². The molecule has 0 saturated heterocycles. The largest absolute Gasteiger partial charge is 0.489 e. The highest BCUT2D eigenvalue weighted by Crippen LogP contribution is 2.30. The van der Waals surface area contributed by atoms with Crippen molar-refractivity contribution in [3.05, 3.63) is 30.4 Å². The van der Waals surface area contributed by atoms with Gasteiger partial charge in [0.25, 0.3) is 0 Å². The molecular weight excluding hydrogens is 306 g/mol. The third kappa shape index (κ3) is 3.25. The second-order valence-electron chi connectivity index (χ2n) is 6.29. The number of nitrogens with zero attached hydrogens (tertiary/aromatic N) is 4. The summed E-state index contributed by atoms with van der Waals surface area (Å²) in [6.45, 7) is 5.85. The van der Waals surface area contributed by atoms with E-state index in [1.807, 2.05) is 19.1 Å². The van der Waals surface area contributed by atoms with E-state index in [-0.39, 0.29) is 17.9 Å². The number of rotatable bonds is 4. The van der Waals surface area contributed by atoms with Gasteiger partial charge in [0.1, 0.15) is 11.4 Å². The number of nitrogens with two attached hydrogens (primary N) is 1. The van der Waals surface area contributed by atoms with Crippen molar-refractivity contribution in [1.29, 1.82) is 0 Å². The first-order valence-electron chi connectivity index (χ1n) is 8.11. The third-order valence-corrected chi connectivity index (χ3v) is 4.54. The maximum absolute atomic E-state index is 11.4. The summed E-state index contributed by atoms with van der Waals surface area (Å²) in [6, 6.07) is 3.75. The molecule has 1 aliphatic rings. The van der Waals surface area contributed by atoms with E-state index in [2.05, 4.69) is 22.2 Å². The number of pyridine rings is 1. The van der Waals surface area contributed by atoms with Crippen LogP contribution in [0.2, 0.25) is 0 Å². The van der Waals surface area contributed by atoms with Gasteiger partial charge in [-0.05, 0) is 51.7 Å². The molecule has 0 bridgehead atoms. The molecule has 3 rings (SSSR count). The minimum absolute atomic E-state index is 0.00233. The molecule has 2 aromatic rings. The molecule has 0 spiro atoms. The second-order valence-corrected chi connectivity index (χ2v) is 6.29. The molecule has 1 aliphatic carbocycles. The number of amides is 1. The summed E-state index contributed by atoms with van der Waals surface area (Å²) in [6.07, 6.45) is 3.40. The van der Waals surface area contributed by atoms with Gasteiger partial charge in [-0.25, -0.2) is 4.98 Å². The van der Waals surface area contributed by atoms with Crippen molar-refractivity contribution in [3.63, 3.8) is 0 Å².